The van der Waals surface area contributed by atoms with Crippen LogP contribution in [-0.4, -0.2) is 59.5 Å². The van der Waals surface area contributed by atoms with Crippen LogP contribution in [0.25, 0.3) is 10.8 Å². The van der Waals surface area contributed by atoms with E-state index in [0.29, 0.717) is 10.8 Å². The molecule has 1 heterocycles. The normalized spacial score (nSPS) is 10.4. The van der Waals surface area contributed by atoms with Gasteiger partial charge in [0.2, 0.25) is 5.91 Å². The van der Waals surface area contributed by atoms with Crippen LogP contribution < -0.4 is 5.56 Å². The lowest BCUT2D eigenvalue weighted by atomic mass is 10.1. The number of nitrogens with one attached hydrogen (secondary N) is 1. The van der Waals surface area contributed by atoms with Crippen LogP contribution in [0.5, 0.6) is 0 Å². The van der Waals surface area contributed by atoms with Crippen molar-refractivity contribution in [2.75, 3.05) is 27.7 Å². The van der Waals surface area contributed by atoms with Gasteiger partial charge in [-0.3, -0.25) is 14.4 Å². The molecule has 2 rings (SSSR count). The summed E-state index contributed by atoms with van der Waals surface area (Å²) in [6.07, 6.45) is 0. The van der Waals surface area contributed by atoms with Gasteiger partial charge in [0.1, 0.15) is 0 Å². The Morgan fingerprint density at radius 2 is 1.76 bits per heavy atom. The number of amides is 2. The summed E-state index contributed by atoms with van der Waals surface area (Å²) in [5.41, 5.74) is -0.228. The minimum atomic E-state index is -0.419. The van der Waals surface area contributed by atoms with Crippen molar-refractivity contribution in [3.05, 3.63) is 40.3 Å². The molecule has 0 atom stereocenters. The number of likely N-dealkylation sites (N-methyl/N-ethyl adjacent to an activating group) is 2. The average molecular weight is 288 g/mol. The molecule has 21 heavy (non-hydrogen) atoms. The second-order valence-electron chi connectivity index (χ2n) is 4.90. The molecule has 0 fully saturated rings. The first-order valence-corrected chi connectivity index (χ1v) is 6.35. The van der Waals surface area contributed by atoms with E-state index in [9.17, 15) is 14.4 Å². The summed E-state index contributed by atoms with van der Waals surface area (Å²) in [7, 11) is 4.76. The molecule has 7 heteroatoms. The van der Waals surface area contributed by atoms with Gasteiger partial charge in [-0.1, -0.05) is 18.2 Å². The molecule has 1 aromatic heterocycles. The Balaban J connectivity index is 2.38. The van der Waals surface area contributed by atoms with E-state index >= 15 is 0 Å². The molecular weight excluding hydrogens is 272 g/mol. The molecule has 0 aliphatic heterocycles. The van der Waals surface area contributed by atoms with Gasteiger partial charge < -0.3 is 9.80 Å². The number of carbonyl (C=O) groups is 2. The first-order valence-electron chi connectivity index (χ1n) is 6.35. The van der Waals surface area contributed by atoms with E-state index in [-0.39, 0.29) is 23.7 Å². The van der Waals surface area contributed by atoms with Crippen LogP contribution in [0.4, 0.5) is 0 Å². The third-order valence-electron chi connectivity index (χ3n) is 3.12. The highest BCUT2D eigenvalue weighted by Crippen LogP contribution is 2.13. The molecule has 1 N–H and O–H groups in total. The number of rotatable bonds is 3. The number of nitrogens with zero attached hydrogens (tertiary/aromatic N) is 3. The Bertz CT molecular complexity index is 751. The Morgan fingerprint density at radius 1 is 1.14 bits per heavy atom. The van der Waals surface area contributed by atoms with Crippen molar-refractivity contribution < 1.29 is 9.59 Å². The fourth-order valence-corrected chi connectivity index (χ4v) is 1.87. The topological polar surface area (TPSA) is 86.4 Å². The average Bonchev–Trinajstić information content (AvgIpc) is 2.47. The summed E-state index contributed by atoms with van der Waals surface area (Å²) in [5.74, 6) is -0.614. The van der Waals surface area contributed by atoms with Gasteiger partial charge in [-0.05, 0) is 6.07 Å². The second kappa shape index (κ2) is 5.74. The van der Waals surface area contributed by atoms with Gasteiger partial charge >= 0.3 is 0 Å². The second-order valence-corrected chi connectivity index (χ2v) is 4.90. The standard InChI is InChI=1S/C14H16N4O3/c1-17(2)11(19)8-18(3)14(21)12-9-6-4-5-7-10(9)13(20)16-15-12/h4-7H,8H2,1-3H3,(H,16,20). The van der Waals surface area contributed by atoms with Gasteiger partial charge in [0, 0.05) is 26.5 Å². The van der Waals surface area contributed by atoms with Crippen molar-refractivity contribution in [2.24, 2.45) is 0 Å². The minimum absolute atomic E-state index is 0.0546. The molecule has 2 aromatic rings. The van der Waals surface area contributed by atoms with Crippen molar-refractivity contribution in [1.82, 2.24) is 20.0 Å². The van der Waals surface area contributed by atoms with E-state index in [1.807, 2.05) is 0 Å². The molecule has 0 unspecified atom stereocenters. The van der Waals surface area contributed by atoms with Crippen LogP contribution in [0.15, 0.2) is 29.1 Å². The summed E-state index contributed by atoms with van der Waals surface area (Å²) < 4.78 is 0. The highest BCUT2D eigenvalue weighted by atomic mass is 16.2. The Hall–Kier alpha value is -2.70. The number of aromatic nitrogens is 2. The summed E-state index contributed by atoms with van der Waals surface area (Å²) in [6, 6.07) is 6.72. The molecule has 0 spiro atoms. The lowest BCUT2D eigenvalue weighted by Gasteiger charge is -2.19. The molecule has 0 radical (unpaired) electrons. The largest absolute Gasteiger partial charge is 0.347 e. The maximum atomic E-state index is 12.4. The van der Waals surface area contributed by atoms with Gasteiger partial charge in [0.05, 0.1) is 11.9 Å². The van der Waals surface area contributed by atoms with Gasteiger partial charge in [0.15, 0.2) is 5.69 Å². The van der Waals surface area contributed by atoms with E-state index in [2.05, 4.69) is 10.2 Å². The number of hydrogen-bond donors (Lipinski definition) is 1. The third-order valence-corrected chi connectivity index (χ3v) is 3.12. The lowest BCUT2D eigenvalue weighted by Crippen LogP contribution is -2.38. The number of H-pyrrole nitrogens is 1. The Kier molecular flexibility index (Phi) is 4.02. The summed E-state index contributed by atoms with van der Waals surface area (Å²) >= 11 is 0. The van der Waals surface area contributed by atoms with Crippen LogP contribution in [0.3, 0.4) is 0 Å². The number of hydrogen-bond acceptors (Lipinski definition) is 4. The molecule has 7 nitrogen and oxygen atoms in total. The highest BCUT2D eigenvalue weighted by Gasteiger charge is 2.20. The SMILES string of the molecule is CN(C)C(=O)CN(C)C(=O)c1n[nH]c(=O)c2ccccc12. The van der Waals surface area contributed by atoms with Gasteiger partial charge in [0.25, 0.3) is 11.5 Å². The van der Waals surface area contributed by atoms with Gasteiger partial charge in [-0.25, -0.2) is 5.10 Å². The predicted octanol–water partition coefficient (Wildman–Crippen LogP) is 0.0833. The lowest BCUT2D eigenvalue weighted by molar-refractivity contribution is -0.129. The van der Waals surface area contributed by atoms with Crippen LogP contribution in [0.2, 0.25) is 0 Å². The predicted molar refractivity (Wildman–Crippen MR) is 78.0 cm³/mol. The zero-order valence-corrected chi connectivity index (χ0v) is 12.1. The van der Waals surface area contributed by atoms with Crippen LogP contribution in [-0.2, 0) is 4.79 Å². The molecule has 0 bridgehead atoms. The van der Waals surface area contributed by atoms with Crippen molar-refractivity contribution in [3.63, 3.8) is 0 Å². The van der Waals surface area contributed by atoms with E-state index in [1.54, 1.807) is 38.4 Å². The minimum Gasteiger partial charge on any atom is -0.347 e. The van der Waals surface area contributed by atoms with E-state index in [1.165, 1.54) is 16.8 Å². The van der Waals surface area contributed by atoms with Crippen LogP contribution in [0, 0.1) is 0 Å². The zero-order chi connectivity index (χ0) is 15.6. The number of carbonyl (C=O) groups excluding carboxylic acids is 2. The first-order chi connectivity index (χ1) is 9.91. The molecule has 0 aliphatic rings. The number of aromatic amines is 1. The third kappa shape index (κ3) is 2.91. The maximum absolute atomic E-state index is 12.4. The summed E-state index contributed by atoms with van der Waals surface area (Å²) in [4.78, 5) is 38.4. The summed E-state index contributed by atoms with van der Waals surface area (Å²) in [6.45, 7) is -0.0546. The fourth-order valence-electron chi connectivity index (χ4n) is 1.87. The molecule has 0 aliphatic carbocycles. The van der Waals surface area contributed by atoms with E-state index < -0.39 is 5.91 Å². The molecule has 2 amide bonds. The first kappa shape index (κ1) is 14.7. The highest BCUT2D eigenvalue weighted by molar-refractivity contribution is 6.05. The van der Waals surface area contributed by atoms with Crippen LogP contribution >= 0.6 is 0 Å². The summed E-state index contributed by atoms with van der Waals surface area (Å²) in [5, 5.41) is 6.99. The van der Waals surface area contributed by atoms with E-state index in [0.717, 1.165) is 0 Å². The monoisotopic (exact) mass is 288 g/mol. The number of benzene rings is 1. The number of fused-ring (bicyclic) bond motifs is 1. The molecule has 0 saturated heterocycles. The molecule has 110 valence electrons. The zero-order valence-electron chi connectivity index (χ0n) is 12.1. The van der Waals surface area contributed by atoms with Gasteiger partial charge in [-0.2, -0.15) is 5.10 Å². The van der Waals surface area contributed by atoms with Crippen molar-refractivity contribution >= 4 is 22.6 Å². The van der Waals surface area contributed by atoms with Crippen molar-refractivity contribution in [2.45, 2.75) is 0 Å². The van der Waals surface area contributed by atoms with E-state index in [4.69, 9.17) is 0 Å². The van der Waals surface area contributed by atoms with Crippen LogP contribution in [0.1, 0.15) is 10.5 Å². The fraction of sp³-hybridized carbons (Fsp3) is 0.286. The molecule has 0 saturated carbocycles. The maximum Gasteiger partial charge on any atom is 0.275 e. The Morgan fingerprint density at radius 3 is 2.38 bits per heavy atom. The molecular formula is C14H16N4O3. The smallest absolute Gasteiger partial charge is 0.275 e. The van der Waals surface area contributed by atoms with Crippen molar-refractivity contribution in [1.29, 1.82) is 0 Å². The van der Waals surface area contributed by atoms with Crippen molar-refractivity contribution in [3.8, 4) is 0 Å². The van der Waals surface area contributed by atoms with Gasteiger partial charge in [-0.15, -0.1) is 0 Å². The molecule has 1 aromatic carbocycles. The Labute approximate surface area is 121 Å². The quantitative estimate of drug-likeness (QED) is 0.866.